The highest BCUT2D eigenvalue weighted by atomic mass is 32.2. The van der Waals surface area contributed by atoms with E-state index in [-0.39, 0.29) is 23.5 Å². The highest BCUT2D eigenvalue weighted by Gasteiger charge is 2.20. The van der Waals surface area contributed by atoms with Gasteiger partial charge in [-0.15, -0.1) is 11.3 Å². The molecule has 0 saturated heterocycles. The van der Waals surface area contributed by atoms with Crippen LogP contribution in [0.25, 0.3) is 0 Å². The Balaban J connectivity index is 2.09. The molecule has 1 heterocycles. The molecule has 1 unspecified atom stereocenters. The molecule has 7 heteroatoms. The second kappa shape index (κ2) is 9.19. The van der Waals surface area contributed by atoms with Crippen molar-refractivity contribution >= 4 is 27.4 Å². The van der Waals surface area contributed by atoms with Crippen LogP contribution in [0.2, 0.25) is 0 Å². The summed E-state index contributed by atoms with van der Waals surface area (Å²) in [6.07, 6.45) is 1.27. The molecule has 142 valence electrons. The molecule has 1 amide bonds. The van der Waals surface area contributed by atoms with E-state index in [1.54, 1.807) is 35.6 Å². The summed E-state index contributed by atoms with van der Waals surface area (Å²) >= 11 is 1.58. The van der Waals surface area contributed by atoms with Gasteiger partial charge in [0.05, 0.1) is 12.2 Å². The number of carbonyl (C=O) groups excluding carboxylic acids is 1. The normalized spacial score (nSPS) is 12.6. The summed E-state index contributed by atoms with van der Waals surface area (Å²) in [7, 11) is -3.53. The second-order valence-corrected chi connectivity index (χ2v) is 9.00. The molecule has 0 radical (unpaired) electrons. The predicted octanol–water partition coefficient (Wildman–Crippen LogP) is 3.85. The van der Waals surface area contributed by atoms with Crippen LogP contribution in [0.5, 0.6) is 5.75 Å². The van der Waals surface area contributed by atoms with Gasteiger partial charge < -0.3 is 9.08 Å². The van der Waals surface area contributed by atoms with E-state index in [4.69, 9.17) is 4.18 Å². The third kappa shape index (κ3) is 5.85. The number of amides is 1. The highest BCUT2D eigenvalue weighted by Crippen LogP contribution is 2.19. The summed E-state index contributed by atoms with van der Waals surface area (Å²) in [5, 5.41) is 1.97. The largest absolute Gasteiger partial charge is 0.382 e. The minimum atomic E-state index is -3.53. The average molecular weight is 396 g/mol. The van der Waals surface area contributed by atoms with Gasteiger partial charge in [0.25, 0.3) is 0 Å². The van der Waals surface area contributed by atoms with E-state index in [2.05, 4.69) is 6.92 Å². The monoisotopic (exact) mass is 395 g/mol. The van der Waals surface area contributed by atoms with Crippen LogP contribution < -0.4 is 4.18 Å². The van der Waals surface area contributed by atoms with E-state index in [0.29, 0.717) is 13.0 Å². The van der Waals surface area contributed by atoms with E-state index in [0.717, 1.165) is 16.9 Å². The first kappa shape index (κ1) is 20.5. The SMILES string of the molecule is CCC(C)N(Cc1ccc(OS(=O)(=O)CC)cc1)C(=O)Cc1cccs1. The van der Waals surface area contributed by atoms with Crippen molar-refractivity contribution < 1.29 is 17.4 Å². The molecule has 2 aromatic rings. The summed E-state index contributed by atoms with van der Waals surface area (Å²) in [5.41, 5.74) is 0.936. The van der Waals surface area contributed by atoms with Crippen molar-refractivity contribution in [2.75, 3.05) is 5.75 Å². The van der Waals surface area contributed by atoms with Gasteiger partial charge in [-0.1, -0.05) is 25.1 Å². The van der Waals surface area contributed by atoms with Crippen LogP contribution in [-0.4, -0.2) is 31.0 Å². The maximum Gasteiger partial charge on any atom is 0.308 e. The standard InChI is InChI=1S/C19H25NO4S2/c1-4-15(3)20(19(21)13-18-7-6-12-25-18)14-16-8-10-17(11-9-16)24-26(22,23)5-2/h6-12,15H,4-5,13-14H2,1-3H3. The Morgan fingerprint density at radius 2 is 1.88 bits per heavy atom. The Hall–Kier alpha value is -1.86. The number of carbonyl (C=O) groups is 1. The number of rotatable bonds is 9. The topological polar surface area (TPSA) is 63.7 Å². The van der Waals surface area contributed by atoms with Gasteiger partial charge in [-0.2, -0.15) is 8.42 Å². The molecular formula is C19H25NO4S2. The van der Waals surface area contributed by atoms with Gasteiger partial charge in [0.15, 0.2) is 0 Å². The molecule has 0 saturated carbocycles. The summed E-state index contributed by atoms with van der Waals surface area (Å²) in [5.74, 6) is 0.305. The maximum absolute atomic E-state index is 12.7. The van der Waals surface area contributed by atoms with Crippen molar-refractivity contribution in [3.05, 3.63) is 52.2 Å². The molecule has 26 heavy (non-hydrogen) atoms. The van der Waals surface area contributed by atoms with Crippen molar-refractivity contribution in [1.29, 1.82) is 0 Å². The Morgan fingerprint density at radius 1 is 1.19 bits per heavy atom. The molecule has 0 bridgehead atoms. The maximum atomic E-state index is 12.7. The van der Waals surface area contributed by atoms with Gasteiger partial charge in [0.2, 0.25) is 5.91 Å². The molecule has 0 fully saturated rings. The number of hydrogen-bond donors (Lipinski definition) is 0. The lowest BCUT2D eigenvalue weighted by Crippen LogP contribution is -2.38. The molecule has 0 aliphatic rings. The Bertz CT molecular complexity index is 799. The van der Waals surface area contributed by atoms with Crippen LogP contribution in [0.15, 0.2) is 41.8 Å². The zero-order chi connectivity index (χ0) is 19.2. The molecule has 0 aliphatic carbocycles. The molecular weight excluding hydrogens is 370 g/mol. The average Bonchev–Trinajstić information content (AvgIpc) is 3.13. The zero-order valence-electron chi connectivity index (χ0n) is 15.3. The fourth-order valence-corrected chi connectivity index (χ4v) is 3.64. The van der Waals surface area contributed by atoms with Gasteiger partial charge >= 0.3 is 10.1 Å². The molecule has 0 spiro atoms. The molecule has 2 rings (SSSR count). The molecule has 0 aliphatic heterocycles. The molecule has 1 aromatic heterocycles. The van der Waals surface area contributed by atoms with Gasteiger partial charge in [-0.3, -0.25) is 4.79 Å². The quantitative estimate of drug-likeness (QED) is 0.605. The van der Waals surface area contributed by atoms with E-state index < -0.39 is 10.1 Å². The lowest BCUT2D eigenvalue weighted by atomic mass is 10.1. The predicted molar refractivity (Wildman–Crippen MR) is 105 cm³/mol. The van der Waals surface area contributed by atoms with Crippen LogP contribution in [0, 0.1) is 0 Å². The molecule has 5 nitrogen and oxygen atoms in total. The van der Waals surface area contributed by atoms with Crippen molar-refractivity contribution in [2.45, 2.75) is 46.2 Å². The van der Waals surface area contributed by atoms with E-state index >= 15 is 0 Å². The summed E-state index contributed by atoms with van der Waals surface area (Å²) in [6.45, 7) is 6.12. The zero-order valence-corrected chi connectivity index (χ0v) is 17.0. The second-order valence-electron chi connectivity index (χ2n) is 6.11. The third-order valence-electron chi connectivity index (χ3n) is 4.20. The minimum absolute atomic E-state index is 0.0756. The number of hydrogen-bond acceptors (Lipinski definition) is 5. The van der Waals surface area contributed by atoms with Crippen molar-refractivity contribution in [1.82, 2.24) is 4.90 Å². The Labute approximate surface area is 159 Å². The molecule has 1 atom stereocenters. The fourth-order valence-electron chi connectivity index (χ4n) is 2.43. The lowest BCUT2D eigenvalue weighted by molar-refractivity contribution is -0.133. The first-order chi connectivity index (χ1) is 12.3. The first-order valence-electron chi connectivity index (χ1n) is 8.67. The van der Waals surface area contributed by atoms with Gasteiger partial charge in [0, 0.05) is 17.5 Å². The molecule has 0 N–H and O–H groups in total. The van der Waals surface area contributed by atoms with Gasteiger partial charge in [-0.25, -0.2) is 0 Å². The fraction of sp³-hybridized carbons (Fsp3) is 0.421. The minimum Gasteiger partial charge on any atom is -0.382 e. The number of benzene rings is 1. The smallest absolute Gasteiger partial charge is 0.308 e. The highest BCUT2D eigenvalue weighted by molar-refractivity contribution is 7.87. The van der Waals surface area contributed by atoms with Crippen molar-refractivity contribution in [2.24, 2.45) is 0 Å². The van der Waals surface area contributed by atoms with Crippen LogP contribution in [0.3, 0.4) is 0 Å². The van der Waals surface area contributed by atoms with E-state index in [1.807, 2.05) is 29.3 Å². The Kier molecular flexibility index (Phi) is 7.23. The van der Waals surface area contributed by atoms with Crippen LogP contribution in [-0.2, 0) is 27.9 Å². The first-order valence-corrected chi connectivity index (χ1v) is 11.1. The van der Waals surface area contributed by atoms with Crippen LogP contribution in [0.1, 0.15) is 37.6 Å². The van der Waals surface area contributed by atoms with Gasteiger partial charge in [-0.05, 0) is 49.4 Å². The van der Waals surface area contributed by atoms with Gasteiger partial charge in [0.1, 0.15) is 5.75 Å². The molecule has 1 aromatic carbocycles. The summed E-state index contributed by atoms with van der Waals surface area (Å²) in [6, 6.07) is 10.9. The number of nitrogens with zero attached hydrogens (tertiary/aromatic N) is 1. The van der Waals surface area contributed by atoms with E-state index in [9.17, 15) is 13.2 Å². The third-order valence-corrected chi connectivity index (χ3v) is 6.23. The van der Waals surface area contributed by atoms with Crippen LogP contribution in [0.4, 0.5) is 0 Å². The summed E-state index contributed by atoms with van der Waals surface area (Å²) < 4.78 is 28.0. The number of thiophene rings is 1. The van der Waals surface area contributed by atoms with Crippen molar-refractivity contribution in [3.63, 3.8) is 0 Å². The van der Waals surface area contributed by atoms with E-state index in [1.165, 1.54) is 6.92 Å². The Morgan fingerprint density at radius 3 is 2.42 bits per heavy atom. The lowest BCUT2D eigenvalue weighted by Gasteiger charge is -2.29. The summed E-state index contributed by atoms with van der Waals surface area (Å²) in [4.78, 5) is 15.7. The van der Waals surface area contributed by atoms with Crippen molar-refractivity contribution in [3.8, 4) is 5.75 Å². The van der Waals surface area contributed by atoms with Crippen LogP contribution >= 0.6 is 11.3 Å².